The highest BCUT2D eigenvalue weighted by Gasteiger charge is 2.37. The molecular weight excluding hydrogens is 429 g/mol. The van der Waals surface area contributed by atoms with Gasteiger partial charge in [0.25, 0.3) is 5.91 Å². The van der Waals surface area contributed by atoms with Gasteiger partial charge in [0.2, 0.25) is 0 Å². The third kappa shape index (κ3) is 4.89. The van der Waals surface area contributed by atoms with Gasteiger partial charge in [-0.15, -0.1) is 0 Å². The molecule has 1 unspecified atom stereocenters. The number of carbonyl (C=O) groups is 1. The molecule has 0 aliphatic carbocycles. The number of fused-ring (bicyclic) bond motifs is 1. The van der Waals surface area contributed by atoms with Crippen LogP contribution in [-0.2, 0) is 4.79 Å². The fourth-order valence-electron chi connectivity index (χ4n) is 4.63. The summed E-state index contributed by atoms with van der Waals surface area (Å²) in [4.78, 5) is 15.1. The number of nitriles is 1. The summed E-state index contributed by atoms with van der Waals surface area (Å²) in [5, 5.41) is 13.0. The smallest absolute Gasteiger partial charge is 0.266 e. The van der Waals surface area contributed by atoms with Crippen molar-refractivity contribution in [2.24, 2.45) is 0 Å². The Kier molecular flexibility index (Phi) is 6.69. The van der Waals surface area contributed by atoms with Crippen LogP contribution in [0.25, 0.3) is 6.08 Å². The minimum Gasteiger partial charge on any atom is -0.364 e. The maximum absolute atomic E-state index is 12.6. The van der Waals surface area contributed by atoms with Crippen LogP contribution < -0.4 is 10.2 Å². The molecule has 0 radical (unpaired) electrons. The largest absolute Gasteiger partial charge is 0.364 e. The summed E-state index contributed by atoms with van der Waals surface area (Å²) < 4.78 is 0. The number of amides is 1. The van der Waals surface area contributed by atoms with Crippen molar-refractivity contribution in [1.82, 2.24) is 0 Å². The Morgan fingerprint density at radius 1 is 1.23 bits per heavy atom. The molecule has 0 bridgehead atoms. The van der Waals surface area contributed by atoms with Crippen molar-refractivity contribution in [1.29, 1.82) is 5.26 Å². The molecule has 3 rings (SSSR count). The van der Waals surface area contributed by atoms with Crippen molar-refractivity contribution in [3.05, 3.63) is 63.1 Å². The van der Waals surface area contributed by atoms with Crippen molar-refractivity contribution in [3.8, 4) is 6.07 Å². The van der Waals surface area contributed by atoms with Crippen molar-refractivity contribution in [3.63, 3.8) is 0 Å². The Bertz CT molecular complexity index is 1080. The van der Waals surface area contributed by atoms with Crippen LogP contribution in [0.2, 0.25) is 10.0 Å². The molecule has 1 aliphatic heterocycles. The Morgan fingerprint density at radius 3 is 2.55 bits per heavy atom. The lowest BCUT2D eigenvalue weighted by atomic mass is 9.79. The molecule has 1 heterocycles. The van der Waals surface area contributed by atoms with E-state index in [1.807, 2.05) is 12.1 Å². The summed E-state index contributed by atoms with van der Waals surface area (Å²) in [6, 6.07) is 13.3. The molecule has 2 aromatic carbocycles. The second-order valence-electron chi connectivity index (χ2n) is 8.95. The fraction of sp³-hybridized carbons (Fsp3) is 0.360. The van der Waals surface area contributed by atoms with E-state index in [1.165, 1.54) is 11.3 Å². The predicted molar refractivity (Wildman–Crippen MR) is 130 cm³/mol. The van der Waals surface area contributed by atoms with Crippen molar-refractivity contribution in [2.45, 2.75) is 58.5 Å². The van der Waals surface area contributed by atoms with Gasteiger partial charge in [0.05, 0.1) is 10.0 Å². The standard InChI is InChI=1S/C25H27Cl2N3O/c1-15(2)30-23-9-6-17(11-20(23)16(3)13-25(30,4)5)10-18(14-28)24(31)29-19-7-8-21(26)22(27)12-19/h6-12,15-16H,13H2,1-5H3,(H,29,31)/b18-10-. The van der Waals surface area contributed by atoms with E-state index in [2.05, 4.69) is 57.0 Å². The average Bonchev–Trinajstić information content (AvgIpc) is 2.68. The number of nitrogens with one attached hydrogen (secondary N) is 1. The SMILES string of the molecule is CC1CC(C)(C)N(C(C)C)c2ccc(/C=C(/C#N)C(=O)Nc3ccc(Cl)c(Cl)c3)cc21. The van der Waals surface area contributed by atoms with Gasteiger partial charge in [-0.1, -0.05) is 36.2 Å². The van der Waals surface area contributed by atoms with Gasteiger partial charge >= 0.3 is 0 Å². The van der Waals surface area contributed by atoms with Crippen LogP contribution in [-0.4, -0.2) is 17.5 Å². The molecule has 1 N–H and O–H groups in total. The maximum atomic E-state index is 12.6. The van der Waals surface area contributed by atoms with E-state index in [0.717, 1.165) is 12.0 Å². The molecule has 31 heavy (non-hydrogen) atoms. The first-order chi connectivity index (χ1) is 14.5. The van der Waals surface area contributed by atoms with Crippen LogP contribution in [0.5, 0.6) is 0 Å². The zero-order chi connectivity index (χ0) is 22.9. The third-order valence-electron chi connectivity index (χ3n) is 5.67. The van der Waals surface area contributed by atoms with E-state index < -0.39 is 5.91 Å². The summed E-state index contributed by atoms with van der Waals surface area (Å²) in [5.41, 5.74) is 3.86. The molecule has 0 saturated carbocycles. The molecule has 1 atom stereocenters. The molecule has 0 saturated heterocycles. The number of carbonyl (C=O) groups excluding carboxylic acids is 1. The average molecular weight is 456 g/mol. The van der Waals surface area contributed by atoms with Crippen LogP contribution in [0.1, 0.15) is 58.1 Å². The first-order valence-corrected chi connectivity index (χ1v) is 11.1. The van der Waals surface area contributed by atoms with Crippen LogP contribution in [0, 0.1) is 11.3 Å². The molecule has 0 fully saturated rings. The first kappa shape index (κ1) is 23.2. The van der Waals surface area contributed by atoms with Gasteiger partial charge in [-0.3, -0.25) is 4.79 Å². The lowest BCUT2D eigenvalue weighted by molar-refractivity contribution is -0.112. The highest BCUT2D eigenvalue weighted by Crippen LogP contribution is 2.44. The summed E-state index contributed by atoms with van der Waals surface area (Å²) in [6.07, 6.45) is 2.66. The zero-order valence-electron chi connectivity index (χ0n) is 18.5. The van der Waals surface area contributed by atoms with Crippen LogP contribution >= 0.6 is 23.2 Å². The van der Waals surface area contributed by atoms with E-state index in [4.69, 9.17) is 23.2 Å². The molecule has 6 heteroatoms. The topological polar surface area (TPSA) is 56.1 Å². The molecule has 162 valence electrons. The number of hydrogen-bond donors (Lipinski definition) is 1. The Labute approximate surface area is 194 Å². The molecular formula is C25H27Cl2N3O. The van der Waals surface area contributed by atoms with E-state index in [1.54, 1.807) is 24.3 Å². The number of rotatable bonds is 4. The van der Waals surface area contributed by atoms with Gasteiger partial charge in [-0.25, -0.2) is 0 Å². The number of benzene rings is 2. The highest BCUT2D eigenvalue weighted by molar-refractivity contribution is 6.42. The highest BCUT2D eigenvalue weighted by atomic mass is 35.5. The number of hydrogen-bond acceptors (Lipinski definition) is 3. The van der Waals surface area contributed by atoms with Crippen molar-refractivity contribution >= 4 is 46.6 Å². The van der Waals surface area contributed by atoms with Gasteiger partial charge in [-0.05, 0) is 87.6 Å². The summed E-state index contributed by atoms with van der Waals surface area (Å²) in [7, 11) is 0. The van der Waals surface area contributed by atoms with Crippen LogP contribution in [0.4, 0.5) is 11.4 Å². The second-order valence-corrected chi connectivity index (χ2v) is 9.77. The number of halogens is 2. The number of anilines is 2. The van der Waals surface area contributed by atoms with Crippen LogP contribution in [0.15, 0.2) is 42.0 Å². The normalized spacial score (nSPS) is 17.8. The summed E-state index contributed by atoms with van der Waals surface area (Å²) in [6.45, 7) is 11.2. The zero-order valence-corrected chi connectivity index (χ0v) is 20.0. The summed E-state index contributed by atoms with van der Waals surface area (Å²) >= 11 is 11.9. The van der Waals surface area contributed by atoms with Crippen LogP contribution in [0.3, 0.4) is 0 Å². The van der Waals surface area contributed by atoms with Gasteiger partial charge < -0.3 is 10.2 Å². The molecule has 1 amide bonds. The molecule has 1 aliphatic rings. The quantitative estimate of drug-likeness (QED) is 0.397. The summed E-state index contributed by atoms with van der Waals surface area (Å²) in [5.74, 6) is -0.111. The van der Waals surface area contributed by atoms with E-state index in [9.17, 15) is 10.1 Å². The van der Waals surface area contributed by atoms with Crippen molar-refractivity contribution < 1.29 is 4.79 Å². The van der Waals surface area contributed by atoms with E-state index >= 15 is 0 Å². The molecule has 0 spiro atoms. The minimum atomic E-state index is -0.489. The van der Waals surface area contributed by atoms with Gasteiger partial charge in [-0.2, -0.15) is 5.26 Å². The first-order valence-electron chi connectivity index (χ1n) is 10.3. The Balaban J connectivity index is 1.91. The third-order valence-corrected chi connectivity index (χ3v) is 6.41. The number of nitrogens with zero attached hydrogens (tertiary/aromatic N) is 2. The maximum Gasteiger partial charge on any atom is 0.266 e. The van der Waals surface area contributed by atoms with Gasteiger partial charge in [0, 0.05) is 23.0 Å². The monoisotopic (exact) mass is 455 g/mol. The molecule has 2 aromatic rings. The fourth-order valence-corrected chi connectivity index (χ4v) is 4.92. The molecule has 4 nitrogen and oxygen atoms in total. The Morgan fingerprint density at radius 2 is 1.94 bits per heavy atom. The second kappa shape index (κ2) is 8.94. The van der Waals surface area contributed by atoms with Crippen molar-refractivity contribution in [2.75, 3.05) is 10.2 Å². The molecule has 0 aromatic heterocycles. The predicted octanol–water partition coefficient (Wildman–Crippen LogP) is 7.04. The van der Waals surface area contributed by atoms with E-state index in [-0.39, 0.29) is 11.1 Å². The minimum absolute atomic E-state index is 0.0236. The Hall–Kier alpha value is -2.48. The van der Waals surface area contributed by atoms with Gasteiger partial charge in [0.15, 0.2) is 0 Å². The lowest BCUT2D eigenvalue weighted by Crippen LogP contribution is -2.51. The lowest BCUT2D eigenvalue weighted by Gasteiger charge is -2.50. The van der Waals surface area contributed by atoms with E-state index in [0.29, 0.717) is 27.7 Å². The van der Waals surface area contributed by atoms with Gasteiger partial charge in [0.1, 0.15) is 11.6 Å².